The molecule has 13 heteroatoms. The van der Waals surface area contributed by atoms with Crippen LogP contribution in [-0.2, 0) is 7.05 Å². The molecule has 13 nitrogen and oxygen atoms in total. The van der Waals surface area contributed by atoms with Gasteiger partial charge in [0.1, 0.15) is 11.8 Å². The Kier molecular flexibility index (Phi) is 8.44. The van der Waals surface area contributed by atoms with Gasteiger partial charge in [-0.15, -0.1) is 0 Å². The maximum Gasteiger partial charge on any atom is 0.321 e. The molecule has 3 atom stereocenters. The van der Waals surface area contributed by atoms with Gasteiger partial charge in [0.15, 0.2) is 17.2 Å². The Balaban J connectivity index is 1.42. The van der Waals surface area contributed by atoms with Gasteiger partial charge in [0, 0.05) is 38.3 Å². The first-order valence-corrected chi connectivity index (χ1v) is 14.0. The minimum Gasteiger partial charge on any atom is -0.485 e. The van der Waals surface area contributed by atoms with Crippen molar-refractivity contribution in [2.45, 2.75) is 32.9 Å². The number of nitrogens with zero attached hydrogens (tertiary/aromatic N) is 4. The second kappa shape index (κ2) is 12.2. The smallest absolute Gasteiger partial charge is 0.321 e. The fourth-order valence-corrected chi connectivity index (χ4v) is 5.12. The number of likely N-dealkylation sites (N-methyl/N-ethyl adjacent to an activating group) is 1. The normalized spacial score (nSPS) is 18.2. The molecule has 3 aromatic rings. The lowest BCUT2D eigenvalue weighted by molar-refractivity contribution is 0.0372. The van der Waals surface area contributed by atoms with Gasteiger partial charge in [0.2, 0.25) is 6.79 Å². The van der Waals surface area contributed by atoms with Crippen LogP contribution >= 0.6 is 0 Å². The van der Waals surface area contributed by atoms with E-state index in [1.165, 1.54) is 9.58 Å². The van der Waals surface area contributed by atoms with E-state index < -0.39 is 18.1 Å². The van der Waals surface area contributed by atoms with Gasteiger partial charge >= 0.3 is 6.03 Å². The van der Waals surface area contributed by atoms with Crippen molar-refractivity contribution in [1.29, 1.82) is 0 Å². The highest BCUT2D eigenvalue weighted by molar-refractivity contribution is 6.06. The third kappa shape index (κ3) is 6.21. The zero-order chi connectivity index (χ0) is 30.8. The van der Waals surface area contributed by atoms with Crippen molar-refractivity contribution in [2.24, 2.45) is 13.0 Å². The number of aryl methyl sites for hydroxylation is 2. The summed E-state index contributed by atoms with van der Waals surface area (Å²) in [7, 11) is 3.32. The number of anilines is 2. The Labute approximate surface area is 249 Å². The van der Waals surface area contributed by atoms with Crippen LogP contribution in [0.4, 0.5) is 16.2 Å². The third-order valence-corrected chi connectivity index (χ3v) is 7.60. The summed E-state index contributed by atoms with van der Waals surface area (Å²) < 4.78 is 18.7. The van der Waals surface area contributed by atoms with E-state index in [9.17, 15) is 19.5 Å². The molecule has 0 bridgehead atoms. The van der Waals surface area contributed by atoms with Gasteiger partial charge in [-0.25, -0.2) is 4.79 Å². The molecule has 2 aromatic carbocycles. The van der Waals surface area contributed by atoms with Crippen LogP contribution in [0.15, 0.2) is 42.5 Å². The number of hydrogen-bond acceptors (Lipinski definition) is 8. The summed E-state index contributed by atoms with van der Waals surface area (Å²) in [4.78, 5) is 43.2. The number of nitrogens with one attached hydrogen (secondary N) is 2. The minimum absolute atomic E-state index is 0.129. The van der Waals surface area contributed by atoms with Crippen LogP contribution in [0.2, 0.25) is 0 Å². The number of benzene rings is 2. The van der Waals surface area contributed by atoms with E-state index in [1.54, 1.807) is 75.3 Å². The number of fused-ring (bicyclic) bond motifs is 2. The Morgan fingerprint density at radius 2 is 1.93 bits per heavy atom. The number of carbonyl (C=O) groups is 3. The van der Waals surface area contributed by atoms with Crippen LogP contribution in [-0.4, -0.2) is 88.2 Å². The molecule has 3 N–H and O–H groups in total. The van der Waals surface area contributed by atoms with Gasteiger partial charge < -0.3 is 39.8 Å². The van der Waals surface area contributed by atoms with Crippen LogP contribution in [0.25, 0.3) is 0 Å². The quantitative estimate of drug-likeness (QED) is 0.379. The van der Waals surface area contributed by atoms with Gasteiger partial charge in [0.25, 0.3) is 11.8 Å². The summed E-state index contributed by atoms with van der Waals surface area (Å²) in [6.07, 6.45) is -0.579. The Hall–Kier alpha value is -4.78. The number of carbonyl (C=O) groups excluding carboxylic acids is 3. The molecular formula is C30H36N6O7. The molecular weight excluding hydrogens is 556 g/mol. The van der Waals surface area contributed by atoms with E-state index in [0.29, 0.717) is 34.3 Å². The highest BCUT2D eigenvalue weighted by Gasteiger charge is 2.35. The highest BCUT2D eigenvalue weighted by Crippen LogP contribution is 2.36. The molecule has 2 aliphatic rings. The number of hydrogen-bond donors (Lipinski definition) is 3. The van der Waals surface area contributed by atoms with E-state index in [4.69, 9.17) is 14.2 Å². The number of para-hydroxylation sites is 1. The van der Waals surface area contributed by atoms with Gasteiger partial charge in [-0.3, -0.25) is 14.3 Å². The van der Waals surface area contributed by atoms with Crippen molar-refractivity contribution >= 4 is 29.2 Å². The predicted molar refractivity (Wildman–Crippen MR) is 158 cm³/mol. The minimum atomic E-state index is -0.579. The molecule has 0 saturated heterocycles. The Morgan fingerprint density at radius 3 is 2.65 bits per heavy atom. The summed E-state index contributed by atoms with van der Waals surface area (Å²) in [6, 6.07) is 10.9. The summed E-state index contributed by atoms with van der Waals surface area (Å²) in [5.41, 5.74) is 2.11. The summed E-state index contributed by atoms with van der Waals surface area (Å²) >= 11 is 0. The van der Waals surface area contributed by atoms with Crippen molar-refractivity contribution in [3.8, 4) is 17.2 Å². The molecule has 0 aliphatic carbocycles. The summed E-state index contributed by atoms with van der Waals surface area (Å²) in [6.45, 7) is 5.82. The molecule has 4 amide bonds. The van der Waals surface area contributed by atoms with Crippen LogP contribution in [0.5, 0.6) is 17.2 Å². The van der Waals surface area contributed by atoms with Crippen LogP contribution in [0.1, 0.15) is 40.4 Å². The van der Waals surface area contributed by atoms with Gasteiger partial charge in [-0.2, -0.15) is 5.10 Å². The lowest BCUT2D eigenvalue weighted by atomic mass is 9.99. The zero-order valence-corrected chi connectivity index (χ0v) is 24.8. The lowest BCUT2D eigenvalue weighted by Gasteiger charge is -2.38. The number of aliphatic hydroxyl groups excluding tert-OH is 1. The number of urea groups is 1. The standard InChI is InChI=1S/C30H36N6O7/c1-17-13-36(19(3)15-37)29(39)21-7-6-8-22(32-28(38)23-11-18(2)33-35(23)5)27(21)43-26(17)14-34(4)30(40)31-20-9-10-24-25(12-20)42-16-41-24/h6-12,17,19,26,37H,13-16H2,1-5H3,(H,31,40)(H,32,38)/t17-,19+,26-/m0/s1. The maximum absolute atomic E-state index is 13.7. The van der Waals surface area contributed by atoms with Gasteiger partial charge in [-0.1, -0.05) is 13.0 Å². The Morgan fingerprint density at radius 1 is 1.16 bits per heavy atom. The van der Waals surface area contributed by atoms with Crippen molar-refractivity contribution in [2.75, 3.05) is 44.2 Å². The fraction of sp³-hybridized carbons (Fsp3) is 0.400. The molecule has 3 heterocycles. The predicted octanol–water partition coefficient (Wildman–Crippen LogP) is 3.09. The Bertz CT molecular complexity index is 1540. The van der Waals surface area contributed by atoms with Crippen LogP contribution in [0, 0.1) is 12.8 Å². The first-order chi connectivity index (χ1) is 20.5. The molecule has 228 valence electrons. The second-order valence-electron chi connectivity index (χ2n) is 10.9. The van der Waals surface area contributed by atoms with Crippen molar-refractivity contribution in [3.05, 3.63) is 59.4 Å². The average Bonchev–Trinajstić information content (AvgIpc) is 3.59. The molecule has 0 unspecified atom stereocenters. The van der Waals surface area contributed by atoms with Gasteiger partial charge in [-0.05, 0) is 44.2 Å². The number of ether oxygens (including phenoxy) is 3. The SMILES string of the molecule is Cc1cc(C(=O)Nc2cccc3c2O[C@@H](CN(C)C(=O)Nc2ccc4c(c2)OCO4)[C@@H](C)CN([C@H](C)CO)C3=O)n(C)n1. The molecule has 0 saturated carbocycles. The van der Waals surface area contributed by atoms with Gasteiger partial charge in [0.05, 0.1) is 36.1 Å². The molecule has 43 heavy (non-hydrogen) atoms. The zero-order valence-electron chi connectivity index (χ0n) is 24.8. The molecule has 5 rings (SSSR count). The van der Waals surface area contributed by atoms with Crippen LogP contribution < -0.4 is 24.8 Å². The van der Waals surface area contributed by atoms with Crippen LogP contribution in [0.3, 0.4) is 0 Å². The number of aliphatic hydroxyl groups is 1. The van der Waals surface area contributed by atoms with Crippen molar-refractivity contribution in [3.63, 3.8) is 0 Å². The highest BCUT2D eigenvalue weighted by atomic mass is 16.7. The molecule has 0 radical (unpaired) electrons. The summed E-state index contributed by atoms with van der Waals surface area (Å²) in [5.74, 6) is 0.349. The van der Waals surface area contributed by atoms with Crippen molar-refractivity contribution < 1.29 is 33.7 Å². The average molecular weight is 593 g/mol. The molecule has 0 spiro atoms. The third-order valence-electron chi connectivity index (χ3n) is 7.60. The fourth-order valence-electron chi connectivity index (χ4n) is 5.12. The van der Waals surface area contributed by atoms with E-state index in [-0.39, 0.29) is 55.7 Å². The maximum atomic E-state index is 13.7. The topological polar surface area (TPSA) is 147 Å². The molecule has 2 aliphatic heterocycles. The monoisotopic (exact) mass is 592 g/mol. The first-order valence-electron chi connectivity index (χ1n) is 14.0. The van der Waals surface area contributed by atoms with E-state index in [2.05, 4.69) is 15.7 Å². The summed E-state index contributed by atoms with van der Waals surface area (Å²) in [5, 5.41) is 19.9. The second-order valence-corrected chi connectivity index (χ2v) is 10.9. The number of aromatic nitrogens is 2. The van der Waals surface area contributed by atoms with Crippen molar-refractivity contribution in [1.82, 2.24) is 19.6 Å². The molecule has 0 fully saturated rings. The van der Waals surface area contributed by atoms with E-state index in [1.807, 2.05) is 6.92 Å². The number of amides is 4. The first kappa shape index (κ1) is 29.7. The molecule has 1 aromatic heterocycles. The largest absolute Gasteiger partial charge is 0.485 e. The lowest BCUT2D eigenvalue weighted by Crippen LogP contribution is -2.50. The van der Waals surface area contributed by atoms with E-state index >= 15 is 0 Å². The number of rotatable bonds is 7. The van der Waals surface area contributed by atoms with E-state index in [0.717, 1.165) is 0 Å².